The van der Waals surface area contributed by atoms with Gasteiger partial charge in [0.25, 0.3) is 0 Å². The zero-order chi connectivity index (χ0) is 19.8. The normalized spacial score (nSPS) is 12.2. The lowest BCUT2D eigenvalue weighted by atomic mass is 9.87. The lowest BCUT2D eigenvalue weighted by molar-refractivity contribution is -0.137. The van der Waals surface area contributed by atoms with Gasteiger partial charge in [-0.1, -0.05) is 19.0 Å². The van der Waals surface area contributed by atoms with Crippen LogP contribution in [-0.2, 0) is 19.1 Å². The number of amides is 2. The molecule has 0 aliphatic rings. The number of ether oxygens (including phenoxy) is 2. The number of hydrogen-bond acceptors (Lipinski definition) is 7. The lowest BCUT2D eigenvalue weighted by Gasteiger charge is -2.27. The number of nitrogens with zero attached hydrogens (tertiary/aromatic N) is 3. The Kier molecular flexibility index (Phi) is 13.2. The first-order valence-electron chi connectivity index (χ1n) is 8.35. The summed E-state index contributed by atoms with van der Waals surface area (Å²) in [7, 11) is 0. The largest absolute Gasteiger partial charge is 0.396 e. The summed E-state index contributed by atoms with van der Waals surface area (Å²) < 4.78 is 10.5. The predicted octanol–water partition coefficient (Wildman–Crippen LogP) is -0.668. The van der Waals surface area contributed by atoms with Crippen molar-refractivity contribution in [3.8, 4) is 0 Å². The molecule has 26 heavy (non-hydrogen) atoms. The van der Waals surface area contributed by atoms with E-state index >= 15 is 0 Å². The third-order valence-electron chi connectivity index (χ3n) is 3.38. The Bertz CT molecular complexity index is 467. The molecule has 2 amide bonds. The van der Waals surface area contributed by atoms with E-state index in [-0.39, 0.29) is 38.6 Å². The quantitative estimate of drug-likeness (QED) is 0.128. The Balaban J connectivity index is 3.50. The minimum absolute atomic E-state index is 0.127. The summed E-state index contributed by atoms with van der Waals surface area (Å²) in [6.07, 6.45) is -1.15. The van der Waals surface area contributed by atoms with Crippen molar-refractivity contribution < 1.29 is 29.3 Å². The van der Waals surface area contributed by atoms with Crippen molar-refractivity contribution in [2.75, 3.05) is 52.7 Å². The van der Waals surface area contributed by atoms with E-state index in [9.17, 15) is 14.7 Å². The number of aliphatic hydroxyl groups is 2. The van der Waals surface area contributed by atoms with Crippen LogP contribution in [0.2, 0.25) is 0 Å². The van der Waals surface area contributed by atoms with E-state index in [1.165, 1.54) is 0 Å². The van der Waals surface area contributed by atoms with E-state index in [1.807, 2.05) is 0 Å². The Morgan fingerprint density at radius 2 is 1.73 bits per heavy atom. The fraction of sp³-hybridized carbons (Fsp3) is 0.867. The molecular formula is C15H29N5O6. The molecule has 0 aromatic rings. The van der Waals surface area contributed by atoms with Crippen molar-refractivity contribution in [3.05, 3.63) is 10.4 Å². The van der Waals surface area contributed by atoms with E-state index < -0.39 is 17.4 Å². The van der Waals surface area contributed by atoms with Crippen LogP contribution in [0.3, 0.4) is 0 Å². The van der Waals surface area contributed by atoms with E-state index in [2.05, 4.69) is 20.7 Å². The predicted molar refractivity (Wildman–Crippen MR) is 93.2 cm³/mol. The minimum atomic E-state index is -1.29. The SMILES string of the molecule is CC(C)(CO)[C@@H](O)C(=O)NCCOCCOCCNC(=O)CCN=[N+]=[N-]. The first-order chi connectivity index (χ1) is 12.3. The van der Waals surface area contributed by atoms with Gasteiger partial charge in [0.2, 0.25) is 11.8 Å². The Morgan fingerprint density at radius 1 is 1.15 bits per heavy atom. The van der Waals surface area contributed by atoms with E-state index in [0.29, 0.717) is 26.4 Å². The number of carbonyl (C=O) groups excluding carboxylic acids is 2. The topological polar surface area (TPSA) is 166 Å². The molecule has 0 heterocycles. The fourth-order valence-corrected chi connectivity index (χ4v) is 1.65. The molecule has 1 atom stereocenters. The van der Waals surface area contributed by atoms with Gasteiger partial charge >= 0.3 is 0 Å². The van der Waals surface area contributed by atoms with Crippen LogP contribution in [-0.4, -0.2) is 80.8 Å². The molecule has 0 aromatic heterocycles. The van der Waals surface area contributed by atoms with Crippen molar-refractivity contribution >= 4 is 11.8 Å². The van der Waals surface area contributed by atoms with Crippen LogP contribution >= 0.6 is 0 Å². The van der Waals surface area contributed by atoms with E-state index in [1.54, 1.807) is 13.8 Å². The van der Waals surface area contributed by atoms with Crippen molar-refractivity contribution in [2.24, 2.45) is 10.5 Å². The highest BCUT2D eigenvalue weighted by molar-refractivity contribution is 5.81. The third-order valence-corrected chi connectivity index (χ3v) is 3.38. The van der Waals surface area contributed by atoms with Gasteiger partial charge in [-0.2, -0.15) is 0 Å². The van der Waals surface area contributed by atoms with Gasteiger partial charge in [-0.05, 0) is 5.53 Å². The number of aliphatic hydroxyl groups excluding tert-OH is 2. The maximum Gasteiger partial charge on any atom is 0.249 e. The summed E-state index contributed by atoms with van der Waals surface area (Å²) >= 11 is 0. The summed E-state index contributed by atoms with van der Waals surface area (Å²) in [6.45, 7) is 4.84. The molecule has 0 aromatic carbocycles. The number of carbonyl (C=O) groups is 2. The fourth-order valence-electron chi connectivity index (χ4n) is 1.65. The second kappa shape index (κ2) is 14.3. The molecule has 0 rings (SSSR count). The van der Waals surface area contributed by atoms with Gasteiger partial charge in [0.05, 0.1) is 33.0 Å². The van der Waals surface area contributed by atoms with Crippen molar-refractivity contribution in [3.63, 3.8) is 0 Å². The second-order valence-corrected chi connectivity index (χ2v) is 6.12. The first kappa shape index (κ1) is 24.1. The van der Waals surface area contributed by atoms with Crippen LogP contribution in [0, 0.1) is 5.41 Å². The summed E-state index contributed by atoms with van der Waals surface area (Å²) in [5, 5.41) is 27.3. The summed E-state index contributed by atoms with van der Waals surface area (Å²) in [5.74, 6) is -0.764. The molecule has 11 nitrogen and oxygen atoms in total. The molecule has 0 unspecified atom stereocenters. The molecule has 4 N–H and O–H groups in total. The monoisotopic (exact) mass is 375 g/mol. The second-order valence-electron chi connectivity index (χ2n) is 6.12. The minimum Gasteiger partial charge on any atom is -0.396 e. The Labute approximate surface area is 152 Å². The van der Waals surface area contributed by atoms with Crippen molar-refractivity contribution in [1.82, 2.24) is 10.6 Å². The molecule has 0 spiro atoms. The van der Waals surface area contributed by atoms with Gasteiger partial charge in [-0.3, -0.25) is 9.59 Å². The van der Waals surface area contributed by atoms with Crippen molar-refractivity contribution in [2.45, 2.75) is 26.4 Å². The van der Waals surface area contributed by atoms with Gasteiger partial charge in [0.15, 0.2) is 0 Å². The zero-order valence-corrected chi connectivity index (χ0v) is 15.3. The highest BCUT2D eigenvalue weighted by Crippen LogP contribution is 2.19. The highest BCUT2D eigenvalue weighted by atomic mass is 16.5. The lowest BCUT2D eigenvalue weighted by Crippen LogP contribution is -2.46. The maximum absolute atomic E-state index is 11.7. The van der Waals surface area contributed by atoms with Gasteiger partial charge in [-0.15, -0.1) is 0 Å². The highest BCUT2D eigenvalue weighted by Gasteiger charge is 2.32. The van der Waals surface area contributed by atoms with Crippen LogP contribution in [0.1, 0.15) is 20.3 Å². The Morgan fingerprint density at radius 3 is 2.27 bits per heavy atom. The smallest absolute Gasteiger partial charge is 0.249 e. The number of azide groups is 1. The molecule has 150 valence electrons. The average Bonchev–Trinajstić information content (AvgIpc) is 2.62. The molecule has 0 bridgehead atoms. The third kappa shape index (κ3) is 11.6. The molecule has 0 aliphatic carbocycles. The molecule has 0 aliphatic heterocycles. The van der Waals surface area contributed by atoms with Crippen LogP contribution in [0.15, 0.2) is 5.11 Å². The van der Waals surface area contributed by atoms with Gasteiger partial charge < -0.3 is 30.3 Å². The van der Waals surface area contributed by atoms with Crippen LogP contribution < -0.4 is 10.6 Å². The molecule has 0 saturated heterocycles. The molecule has 11 heteroatoms. The zero-order valence-electron chi connectivity index (χ0n) is 15.3. The standard InChI is InChI=1S/C15H29N5O6/c1-15(2,11-21)13(23)14(24)18-6-8-26-10-9-25-7-5-17-12(22)3-4-19-20-16/h13,21,23H,3-11H2,1-2H3,(H,17,22)(H,18,24)/t13-/m0/s1. The van der Waals surface area contributed by atoms with Crippen LogP contribution in [0.5, 0.6) is 0 Å². The van der Waals surface area contributed by atoms with Gasteiger partial charge in [0, 0.05) is 36.4 Å². The number of nitrogens with one attached hydrogen (secondary N) is 2. The molecule has 0 fully saturated rings. The van der Waals surface area contributed by atoms with Gasteiger partial charge in [-0.25, -0.2) is 0 Å². The first-order valence-corrected chi connectivity index (χ1v) is 8.35. The summed E-state index contributed by atoms with van der Waals surface area (Å²) in [5.41, 5.74) is 7.17. The summed E-state index contributed by atoms with van der Waals surface area (Å²) in [6, 6.07) is 0. The van der Waals surface area contributed by atoms with Crippen molar-refractivity contribution in [1.29, 1.82) is 0 Å². The molecular weight excluding hydrogens is 346 g/mol. The molecule has 0 radical (unpaired) electrons. The van der Waals surface area contributed by atoms with Gasteiger partial charge in [0.1, 0.15) is 6.10 Å². The number of hydrogen-bond donors (Lipinski definition) is 4. The number of rotatable bonds is 15. The Hall–Kier alpha value is -1.91. The van der Waals surface area contributed by atoms with E-state index in [4.69, 9.17) is 20.1 Å². The summed E-state index contributed by atoms with van der Waals surface area (Å²) in [4.78, 5) is 25.5. The van der Waals surface area contributed by atoms with Crippen LogP contribution in [0.4, 0.5) is 0 Å². The van der Waals surface area contributed by atoms with Crippen LogP contribution in [0.25, 0.3) is 10.4 Å². The average molecular weight is 375 g/mol. The van der Waals surface area contributed by atoms with E-state index in [0.717, 1.165) is 0 Å². The maximum atomic E-state index is 11.7. The molecule has 0 saturated carbocycles.